The molecule has 1 aliphatic heterocycles. The van der Waals surface area contributed by atoms with E-state index in [1.807, 2.05) is 35.4 Å². The fourth-order valence-electron chi connectivity index (χ4n) is 3.55. The van der Waals surface area contributed by atoms with Gasteiger partial charge in [0.05, 0.1) is 16.8 Å². The Bertz CT molecular complexity index is 699. The van der Waals surface area contributed by atoms with Crippen molar-refractivity contribution in [3.05, 3.63) is 30.1 Å². The van der Waals surface area contributed by atoms with Gasteiger partial charge in [0, 0.05) is 19.2 Å². The van der Waals surface area contributed by atoms with E-state index in [1.165, 1.54) is 0 Å². The number of hydrogen-bond acceptors (Lipinski definition) is 4. The number of aromatic nitrogens is 2. The van der Waals surface area contributed by atoms with Crippen molar-refractivity contribution in [1.29, 1.82) is 0 Å². The number of imidazole rings is 1. The molecule has 0 aliphatic carbocycles. The first-order valence-electron chi connectivity index (χ1n) is 8.58. The Balaban J connectivity index is 1.85. The molecule has 6 heteroatoms. The molecular formula is C18H25N3O2S. The molecule has 1 atom stereocenters. The monoisotopic (exact) mass is 347 g/mol. The van der Waals surface area contributed by atoms with Crippen molar-refractivity contribution in [3.8, 4) is 0 Å². The lowest BCUT2D eigenvalue weighted by atomic mass is 9.99. The van der Waals surface area contributed by atoms with E-state index in [9.17, 15) is 9.90 Å². The van der Waals surface area contributed by atoms with Crippen molar-refractivity contribution in [2.24, 2.45) is 0 Å². The second-order valence-electron chi connectivity index (χ2n) is 6.28. The number of piperidine rings is 1. The zero-order valence-corrected chi connectivity index (χ0v) is 15.0. The minimum Gasteiger partial charge on any atom is -0.396 e. The van der Waals surface area contributed by atoms with E-state index < -0.39 is 0 Å². The number of nitrogens with zero attached hydrogens (tertiary/aromatic N) is 3. The molecule has 1 aromatic carbocycles. The third-order valence-electron chi connectivity index (χ3n) is 4.71. The van der Waals surface area contributed by atoms with Gasteiger partial charge in [0.2, 0.25) is 5.91 Å². The summed E-state index contributed by atoms with van der Waals surface area (Å²) in [6, 6.07) is 8.17. The van der Waals surface area contributed by atoms with E-state index in [0.29, 0.717) is 13.0 Å². The number of rotatable bonds is 6. The summed E-state index contributed by atoms with van der Waals surface area (Å²) in [5, 5.41) is 9.27. The number of amides is 1. The predicted molar refractivity (Wildman–Crippen MR) is 98.0 cm³/mol. The number of aliphatic hydroxyl groups is 1. The van der Waals surface area contributed by atoms with E-state index in [2.05, 4.69) is 9.55 Å². The summed E-state index contributed by atoms with van der Waals surface area (Å²) in [5.74, 6) is 1.88. The van der Waals surface area contributed by atoms with Gasteiger partial charge in [-0.2, -0.15) is 11.8 Å². The maximum absolute atomic E-state index is 12.9. The first-order valence-corrected chi connectivity index (χ1v) is 9.97. The van der Waals surface area contributed by atoms with Gasteiger partial charge in [0.15, 0.2) is 0 Å². The standard InChI is InChI=1S/C18H25N3O2S/c1-24-13-17-19-15-7-2-3-8-16(15)21(17)12-18(23)20-10-5-4-6-14(20)9-11-22/h2-3,7-8,14,22H,4-6,9-13H2,1H3. The summed E-state index contributed by atoms with van der Waals surface area (Å²) >= 11 is 1.71. The van der Waals surface area contributed by atoms with E-state index in [4.69, 9.17) is 0 Å². The quantitative estimate of drug-likeness (QED) is 0.873. The molecule has 1 aromatic heterocycles. The van der Waals surface area contributed by atoms with Gasteiger partial charge in [-0.1, -0.05) is 12.1 Å². The molecule has 5 nitrogen and oxygen atoms in total. The normalized spacial score (nSPS) is 18.2. The van der Waals surface area contributed by atoms with Crippen molar-refractivity contribution < 1.29 is 9.90 Å². The SMILES string of the molecule is CSCc1nc2ccccc2n1CC(=O)N1CCCCC1CCO. The van der Waals surface area contributed by atoms with Crippen LogP contribution in [-0.4, -0.2) is 50.9 Å². The van der Waals surface area contributed by atoms with Crippen LogP contribution in [0.4, 0.5) is 0 Å². The molecule has 0 bridgehead atoms. The molecule has 130 valence electrons. The molecule has 0 saturated carbocycles. The van der Waals surface area contributed by atoms with Crippen molar-refractivity contribution >= 4 is 28.7 Å². The lowest BCUT2D eigenvalue weighted by molar-refractivity contribution is -0.135. The number of benzene rings is 1. The molecular weight excluding hydrogens is 322 g/mol. The third kappa shape index (κ3) is 3.59. The molecule has 0 radical (unpaired) electrons. The highest BCUT2D eigenvalue weighted by atomic mass is 32.2. The van der Waals surface area contributed by atoms with Crippen LogP contribution in [0, 0.1) is 0 Å². The van der Waals surface area contributed by atoms with Gasteiger partial charge in [-0.25, -0.2) is 4.98 Å². The van der Waals surface area contributed by atoms with Gasteiger partial charge >= 0.3 is 0 Å². The number of aliphatic hydroxyl groups excluding tert-OH is 1. The molecule has 2 heterocycles. The summed E-state index contributed by atoms with van der Waals surface area (Å²) in [5.41, 5.74) is 1.96. The summed E-state index contributed by atoms with van der Waals surface area (Å²) in [7, 11) is 0. The predicted octanol–water partition coefficient (Wildman–Crippen LogP) is 2.66. The van der Waals surface area contributed by atoms with E-state index >= 15 is 0 Å². The lowest BCUT2D eigenvalue weighted by Crippen LogP contribution is -2.45. The number of para-hydroxylation sites is 2. The van der Waals surface area contributed by atoms with Crippen LogP contribution in [-0.2, 0) is 17.1 Å². The van der Waals surface area contributed by atoms with Crippen LogP contribution in [0.2, 0.25) is 0 Å². The van der Waals surface area contributed by atoms with Crippen LogP contribution in [0.3, 0.4) is 0 Å². The smallest absolute Gasteiger partial charge is 0.242 e. The molecule has 3 rings (SSSR count). The Morgan fingerprint density at radius 1 is 1.38 bits per heavy atom. The Hall–Kier alpha value is -1.53. The van der Waals surface area contributed by atoms with Gasteiger partial charge in [-0.3, -0.25) is 4.79 Å². The van der Waals surface area contributed by atoms with Crippen molar-refractivity contribution in [2.75, 3.05) is 19.4 Å². The molecule has 1 aliphatic rings. The zero-order valence-electron chi connectivity index (χ0n) is 14.1. The largest absolute Gasteiger partial charge is 0.396 e. The molecule has 1 saturated heterocycles. The minimum absolute atomic E-state index is 0.138. The van der Waals surface area contributed by atoms with Gasteiger partial charge in [-0.15, -0.1) is 0 Å². The van der Waals surface area contributed by atoms with E-state index in [1.54, 1.807) is 11.8 Å². The highest BCUT2D eigenvalue weighted by Gasteiger charge is 2.27. The van der Waals surface area contributed by atoms with Gasteiger partial charge < -0.3 is 14.6 Å². The van der Waals surface area contributed by atoms with Crippen molar-refractivity contribution in [2.45, 2.75) is 44.0 Å². The minimum atomic E-state index is 0.138. The number of hydrogen-bond donors (Lipinski definition) is 1. The topological polar surface area (TPSA) is 58.4 Å². The first-order chi connectivity index (χ1) is 11.7. The maximum Gasteiger partial charge on any atom is 0.242 e. The second kappa shape index (κ2) is 8.03. The highest BCUT2D eigenvalue weighted by Crippen LogP contribution is 2.23. The summed E-state index contributed by atoms with van der Waals surface area (Å²) < 4.78 is 2.05. The Morgan fingerprint density at radius 2 is 2.21 bits per heavy atom. The lowest BCUT2D eigenvalue weighted by Gasteiger charge is -2.35. The zero-order chi connectivity index (χ0) is 16.9. The van der Waals surface area contributed by atoms with Crippen LogP contribution in [0.5, 0.6) is 0 Å². The summed E-state index contributed by atoms with van der Waals surface area (Å²) in [4.78, 5) is 19.6. The molecule has 1 fully saturated rings. The summed E-state index contributed by atoms with van der Waals surface area (Å²) in [6.45, 7) is 1.27. The number of fused-ring (bicyclic) bond motifs is 1. The van der Waals surface area contributed by atoms with Crippen LogP contribution in [0.1, 0.15) is 31.5 Å². The highest BCUT2D eigenvalue weighted by molar-refractivity contribution is 7.97. The van der Waals surface area contributed by atoms with Crippen LogP contribution >= 0.6 is 11.8 Å². The number of likely N-dealkylation sites (tertiary alicyclic amines) is 1. The molecule has 2 aromatic rings. The third-order valence-corrected chi connectivity index (χ3v) is 5.26. The van der Waals surface area contributed by atoms with Gasteiger partial charge in [-0.05, 0) is 44.1 Å². The van der Waals surface area contributed by atoms with Crippen LogP contribution in [0.15, 0.2) is 24.3 Å². The van der Waals surface area contributed by atoms with Crippen LogP contribution in [0.25, 0.3) is 11.0 Å². The molecule has 1 N–H and O–H groups in total. The molecule has 24 heavy (non-hydrogen) atoms. The van der Waals surface area contributed by atoms with E-state index in [0.717, 1.165) is 48.4 Å². The maximum atomic E-state index is 12.9. The number of thioether (sulfide) groups is 1. The van der Waals surface area contributed by atoms with Crippen LogP contribution < -0.4 is 0 Å². The fourth-order valence-corrected chi connectivity index (χ4v) is 4.02. The molecule has 1 unspecified atom stereocenters. The van der Waals surface area contributed by atoms with Crippen molar-refractivity contribution in [3.63, 3.8) is 0 Å². The van der Waals surface area contributed by atoms with E-state index in [-0.39, 0.29) is 18.6 Å². The first kappa shape index (κ1) is 17.3. The number of carbonyl (C=O) groups excluding carboxylic acids is 1. The molecule has 1 amide bonds. The molecule has 0 spiro atoms. The van der Waals surface area contributed by atoms with Gasteiger partial charge in [0.1, 0.15) is 12.4 Å². The second-order valence-corrected chi connectivity index (χ2v) is 7.15. The average molecular weight is 347 g/mol. The Labute approximate surface area is 147 Å². The Morgan fingerprint density at radius 3 is 3.00 bits per heavy atom. The summed E-state index contributed by atoms with van der Waals surface area (Å²) in [6.07, 6.45) is 5.91. The fraction of sp³-hybridized carbons (Fsp3) is 0.556. The average Bonchev–Trinajstić information content (AvgIpc) is 2.94. The van der Waals surface area contributed by atoms with Crippen molar-refractivity contribution in [1.82, 2.24) is 14.5 Å². The van der Waals surface area contributed by atoms with Gasteiger partial charge in [0.25, 0.3) is 0 Å². The Kier molecular flexibility index (Phi) is 5.79. The number of carbonyl (C=O) groups is 1.